The van der Waals surface area contributed by atoms with Crippen LogP contribution in [0.3, 0.4) is 0 Å². The van der Waals surface area contributed by atoms with E-state index in [0.29, 0.717) is 11.6 Å². The standard InChI is InChI=1S/C15H18FN3/c1-10-15(12-4-2-3-5-13(12)16)19-14(18-10)8-9-17-11-6-7-11/h2-5,11,17H,6-9H2,1H3,(H,18,19). The number of H-pyrrole nitrogens is 1. The monoisotopic (exact) mass is 259 g/mol. The molecule has 1 fully saturated rings. The average Bonchev–Trinajstić information content (AvgIpc) is 3.14. The molecule has 100 valence electrons. The van der Waals surface area contributed by atoms with Gasteiger partial charge in [-0.1, -0.05) is 12.1 Å². The largest absolute Gasteiger partial charge is 0.346 e. The van der Waals surface area contributed by atoms with Crippen LogP contribution in [0, 0.1) is 12.7 Å². The van der Waals surface area contributed by atoms with Gasteiger partial charge in [0.25, 0.3) is 0 Å². The summed E-state index contributed by atoms with van der Waals surface area (Å²) in [4.78, 5) is 7.77. The second-order valence-corrected chi connectivity index (χ2v) is 5.12. The molecule has 4 heteroatoms. The van der Waals surface area contributed by atoms with Gasteiger partial charge in [-0.2, -0.15) is 0 Å². The molecular weight excluding hydrogens is 241 g/mol. The molecule has 19 heavy (non-hydrogen) atoms. The number of nitrogens with zero attached hydrogens (tertiary/aromatic N) is 1. The first-order valence-electron chi connectivity index (χ1n) is 6.78. The second-order valence-electron chi connectivity index (χ2n) is 5.12. The highest BCUT2D eigenvalue weighted by atomic mass is 19.1. The minimum absolute atomic E-state index is 0.222. The van der Waals surface area contributed by atoms with Gasteiger partial charge in [0.15, 0.2) is 0 Å². The zero-order chi connectivity index (χ0) is 13.2. The molecule has 0 aliphatic heterocycles. The van der Waals surface area contributed by atoms with Crippen molar-refractivity contribution in [2.75, 3.05) is 6.54 Å². The van der Waals surface area contributed by atoms with Crippen LogP contribution >= 0.6 is 0 Å². The number of hydrogen-bond acceptors (Lipinski definition) is 2. The minimum Gasteiger partial charge on any atom is -0.346 e. The van der Waals surface area contributed by atoms with Crippen LogP contribution < -0.4 is 5.32 Å². The summed E-state index contributed by atoms with van der Waals surface area (Å²) in [6, 6.07) is 7.48. The summed E-state index contributed by atoms with van der Waals surface area (Å²) >= 11 is 0. The quantitative estimate of drug-likeness (QED) is 0.867. The first kappa shape index (κ1) is 12.4. The first-order chi connectivity index (χ1) is 9.24. The van der Waals surface area contributed by atoms with Gasteiger partial charge < -0.3 is 10.3 Å². The Hall–Kier alpha value is -1.68. The van der Waals surface area contributed by atoms with Gasteiger partial charge in [0.2, 0.25) is 0 Å². The summed E-state index contributed by atoms with van der Waals surface area (Å²) in [5, 5.41) is 3.45. The van der Waals surface area contributed by atoms with E-state index < -0.39 is 0 Å². The van der Waals surface area contributed by atoms with E-state index in [-0.39, 0.29) is 5.82 Å². The molecule has 1 aliphatic carbocycles. The maximum Gasteiger partial charge on any atom is 0.132 e. The third kappa shape index (κ3) is 2.84. The summed E-state index contributed by atoms with van der Waals surface area (Å²) in [6.07, 6.45) is 3.43. The van der Waals surface area contributed by atoms with E-state index in [4.69, 9.17) is 0 Å². The van der Waals surface area contributed by atoms with E-state index in [0.717, 1.165) is 30.2 Å². The van der Waals surface area contributed by atoms with E-state index in [1.54, 1.807) is 12.1 Å². The third-order valence-corrected chi connectivity index (χ3v) is 3.43. The Morgan fingerprint density at radius 3 is 2.89 bits per heavy atom. The first-order valence-corrected chi connectivity index (χ1v) is 6.78. The molecule has 3 nitrogen and oxygen atoms in total. The van der Waals surface area contributed by atoms with E-state index in [1.165, 1.54) is 18.9 Å². The molecule has 1 saturated carbocycles. The fourth-order valence-electron chi connectivity index (χ4n) is 2.24. The van der Waals surface area contributed by atoms with Crippen LogP contribution in [0.5, 0.6) is 0 Å². The zero-order valence-electron chi connectivity index (χ0n) is 11.0. The Kier molecular flexibility index (Phi) is 3.34. The topological polar surface area (TPSA) is 40.7 Å². The van der Waals surface area contributed by atoms with Crippen LogP contribution in [-0.2, 0) is 6.42 Å². The van der Waals surface area contributed by atoms with Crippen LogP contribution in [0.15, 0.2) is 24.3 Å². The second kappa shape index (κ2) is 5.13. The van der Waals surface area contributed by atoms with E-state index >= 15 is 0 Å². The molecule has 0 atom stereocenters. The van der Waals surface area contributed by atoms with Gasteiger partial charge in [0, 0.05) is 30.3 Å². The van der Waals surface area contributed by atoms with E-state index in [2.05, 4.69) is 15.3 Å². The summed E-state index contributed by atoms with van der Waals surface area (Å²) in [7, 11) is 0. The van der Waals surface area contributed by atoms with Crippen molar-refractivity contribution in [2.24, 2.45) is 0 Å². The molecule has 0 radical (unpaired) electrons. The normalized spacial score (nSPS) is 14.8. The van der Waals surface area contributed by atoms with Crippen molar-refractivity contribution < 1.29 is 4.39 Å². The predicted molar refractivity (Wildman–Crippen MR) is 73.4 cm³/mol. The number of halogens is 1. The molecule has 0 unspecified atom stereocenters. The molecule has 2 aromatic rings. The van der Waals surface area contributed by atoms with Crippen molar-refractivity contribution in [2.45, 2.75) is 32.2 Å². The molecule has 1 aromatic carbocycles. The summed E-state index contributed by atoms with van der Waals surface area (Å²) in [5.74, 6) is 0.698. The summed E-state index contributed by atoms with van der Waals surface area (Å²) in [5.41, 5.74) is 2.21. The molecule has 0 bridgehead atoms. The number of aromatic amines is 1. The number of aryl methyl sites for hydroxylation is 1. The Morgan fingerprint density at radius 2 is 2.16 bits per heavy atom. The van der Waals surface area contributed by atoms with Crippen molar-refractivity contribution >= 4 is 0 Å². The van der Waals surface area contributed by atoms with Crippen LogP contribution in [0.4, 0.5) is 4.39 Å². The van der Waals surface area contributed by atoms with Crippen LogP contribution in [-0.4, -0.2) is 22.6 Å². The van der Waals surface area contributed by atoms with Gasteiger partial charge in [-0.05, 0) is 31.9 Å². The van der Waals surface area contributed by atoms with E-state index in [1.807, 2.05) is 13.0 Å². The fraction of sp³-hybridized carbons (Fsp3) is 0.400. The van der Waals surface area contributed by atoms with Crippen LogP contribution in [0.2, 0.25) is 0 Å². The summed E-state index contributed by atoms with van der Waals surface area (Å²) < 4.78 is 13.8. The lowest BCUT2D eigenvalue weighted by atomic mass is 10.1. The predicted octanol–water partition coefficient (Wildman–Crippen LogP) is 2.82. The highest BCUT2D eigenvalue weighted by Gasteiger charge is 2.20. The van der Waals surface area contributed by atoms with Gasteiger partial charge in [-0.25, -0.2) is 9.37 Å². The lowest BCUT2D eigenvalue weighted by molar-refractivity contribution is 0.630. The number of hydrogen-bond donors (Lipinski definition) is 2. The zero-order valence-corrected chi connectivity index (χ0v) is 11.0. The Balaban J connectivity index is 1.75. The fourth-order valence-corrected chi connectivity index (χ4v) is 2.24. The highest BCUT2D eigenvalue weighted by molar-refractivity contribution is 5.62. The molecule has 1 heterocycles. The SMILES string of the molecule is Cc1[nH]c(CCNC2CC2)nc1-c1ccccc1F. The van der Waals surface area contributed by atoms with Gasteiger partial charge in [-0.15, -0.1) is 0 Å². The maximum absolute atomic E-state index is 13.8. The van der Waals surface area contributed by atoms with Crippen molar-refractivity contribution in [1.29, 1.82) is 0 Å². The number of aromatic nitrogens is 2. The van der Waals surface area contributed by atoms with E-state index in [9.17, 15) is 4.39 Å². The Bertz CT molecular complexity index is 573. The van der Waals surface area contributed by atoms with Gasteiger partial charge >= 0.3 is 0 Å². The number of benzene rings is 1. The van der Waals surface area contributed by atoms with Crippen molar-refractivity contribution in [3.05, 3.63) is 41.6 Å². The van der Waals surface area contributed by atoms with Gasteiger partial charge in [-0.3, -0.25) is 0 Å². The number of imidazole rings is 1. The Labute approximate surface area is 112 Å². The molecule has 3 rings (SSSR count). The molecular formula is C15H18FN3. The number of nitrogens with one attached hydrogen (secondary N) is 2. The lowest BCUT2D eigenvalue weighted by Crippen LogP contribution is -2.19. The van der Waals surface area contributed by atoms with Crippen molar-refractivity contribution in [1.82, 2.24) is 15.3 Å². The average molecular weight is 259 g/mol. The Morgan fingerprint density at radius 1 is 1.37 bits per heavy atom. The highest BCUT2D eigenvalue weighted by Crippen LogP contribution is 2.24. The molecule has 2 N–H and O–H groups in total. The molecule has 1 aromatic heterocycles. The summed E-state index contributed by atoms with van der Waals surface area (Å²) in [6.45, 7) is 2.86. The minimum atomic E-state index is -0.222. The smallest absolute Gasteiger partial charge is 0.132 e. The van der Waals surface area contributed by atoms with Crippen LogP contribution in [0.1, 0.15) is 24.4 Å². The lowest BCUT2D eigenvalue weighted by Gasteiger charge is -2.00. The number of rotatable bonds is 5. The van der Waals surface area contributed by atoms with Gasteiger partial charge in [0.05, 0.1) is 5.69 Å². The van der Waals surface area contributed by atoms with Crippen molar-refractivity contribution in [3.8, 4) is 11.3 Å². The third-order valence-electron chi connectivity index (χ3n) is 3.43. The van der Waals surface area contributed by atoms with Crippen LogP contribution in [0.25, 0.3) is 11.3 Å². The molecule has 1 aliphatic rings. The molecule has 0 amide bonds. The molecule has 0 saturated heterocycles. The van der Waals surface area contributed by atoms with Crippen molar-refractivity contribution in [3.63, 3.8) is 0 Å². The van der Waals surface area contributed by atoms with Gasteiger partial charge in [0.1, 0.15) is 11.6 Å². The molecule has 0 spiro atoms. The maximum atomic E-state index is 13.8.